The summed E-state index contributed by atoms with van der Waals surface area (Å²) in [7, 11) is -3.22. The highest BCUT2D eigenvalue weighted by Crippen LogP contribution is 2.20. The van der Waals surface area contributed by atoms with Gasteiger partial charge in [0.2, 0.25) is 0 Å². The molecule has 1 fully saturated rings. The van der Waals surface area contributed by atoms with Crippen LogP contribution in [0.25, 0.3) is 0 Å². The molecule has 1 aliphatic heterocycles. The van der Waals surface area contributed by atoms with Crippen molar-refractivity contribution >= 4 is 43.3 Å². The SMILES string of the molecule is O=C(NC1CS(=O)(=O)CC1Cl)c1ccc(Br)c(F)c1. The number of rotatable bonds is 2. The van der Waals surface area contributed by atoms with Crippen molar-refractivity contribution in [1.29, 1.82) is 0 Å². The lowest BCUT2D eigenvalue weighted by molar-refractivity contribution is 0.0941. The number of alkyl halides is 1. The third kappa shape index (κ3) is 3.46. The molecule has 19 heavy (non-hydrogen) atoms. The first-order valence-corrected chi connectivity index (χ1v) is 8.44. The molecule has 8 heteroatoms. The quantitative estimate of drug-likeness (QED) is 0.806. The molecular weight excluding hydrogens is 361 g/mol. The molecule has 1 aliphatic rings. The topological polar surface area (TPSA) is 63.2 Å². The minimum absolute atomic E-state index is 0.119. The van der Waals surface area contributed by atoms with Crippen LogP contribution in [0.2, 0.25) is 0 Å². The van der Waals surface area contributed by atoms with Gasteiger partial charge in [-0.05, 0) is 34.1 Å². The van der Waals surface area contributed by atoms with E-state index in [1.807, 2.05) is 0 Å². The molecule has 0 bridgehead atoms. The predicted molar refractivity (Wildman–Crippen MR) is 73.6 cm³/mol. The maximum absolute atomic E-state index is 13.3. The van der Waals surface area contributed by atoms with Gasteiger partial charge in [0.1, 0.15) is 5.82 Å². The largest absolute Gasteiger partial charge is 0.347 e. The van der Waals surface area contributed by atoms with Gasteiger partial charge in [0.15, 0.2) is 9.84 Å². The Morgan fingerprint density at radius 3 is 2.63 bits per heavy atom. The van der Waals surface area contributed by atoms with E-state index in [0.717, 1.165) is 6.07 Å². The second kappa shape index (κ2) is 5.38. The van der Waals surface area contributed by atoms with E-state index in [0.29, 0.717) is 0 Å². The first kappa shape index (κ1) is 14.7. The highest BCUT2D eigenvalue weighted by Gasteiger charge is 2.37. The lowest BCUT2D eigenvalue weighted by atomic mass is 10.2. The molecule has 2 rings (SSSR count). The Bertz CT molecular complexity index is 622. The van der Waals surface area contributed by atoms with Crippen LogP contribution in [-0.4, -0.2) is 37.2 Å². The monoisotopic (exact) mass is 369 g/mol. The van der Waals surface area contributed by atoms with E-state index in [9.17, 15) is 17.6 Å². The van der Waals surface area contributed by atoms with Gasteiger partial charge in [0, 0.05) is 5.56 Å². The van der Waals surface area contributed by atoms with Gasteiger partial charge >= 0.3 is 0 Å². The molecule has 0 radical (unpaired) electrons. The minimum Gasteiger partial charge on any atom is -0.347 e. The Balaban J connectivity index is 2.11. The first-order valence-electron chi connectivity index (χ1n) is 5.39. The predicted octanol–water partition coefficient (Wildman–Crippen LogP) is 1.72. The molecule has 2 atom stereocenters. The van der Waals surface area contributed by atoms with E-state index < -0.39 is 33.0 Å². The number of sulfone groups is 1. The number of amides is 1. The van der Waals surface area contributed by atoms with Crippen LogP contribution < -0.4 is 5.32 Å². The second-order valence-electron chi connectivity index (χ2n) is 4.30. The highest BCUT2D eigenvalue weighted by molar-refractivity contribution is 9.10. The number of halogens is 3. The summed E-state index contributed by atoms with van der Waals surface area (Å²) < 4.78 is 36.3. The Morgan fingerprint density at radius 1 is 1.42 bits per heavy atom. The molecule has 4 nitrogen and oxygen atoms in total. The average Bonchev–Trinajstić information content (AvgIpc) is 2.55. The Hall–Kier alpha value is -0.660. The van der Waals surface area contributed by atoms with E-state index in [4.69, 9.17) is 11.6 Å². The van der Waals surface area contributed by atoms with Crippen LogP contribution in [0.5, 0.6) is 0 Å². The van der Waals surface area contributed by atoms with Crippen molar-refractivity contribution < 1.29 is 17.6 Å². The van der Waals surface area contributed by atoms with E-state index >= 15 is 0 Å². The normalized spacial score (nSPS) is 25.2. The van der Waals surface area contributed by atoms with Crippen LogP contribution >= 0.6 is 27.5 Å². The molecule has 0 aliphatic carbocycles. The van der Waals surface area contributed by atoms with Crippen LogP contribution in [0.1, 0.15) is 10.4 Å². The van der Waals surface area contributed by atoms with Crippen molar-refractivity contribution in [1.82, 2.24) is 5.32 Å². The lowest BCUT2D eigenvalue weighted by Gasteiger charge is -2.14. The third-order valence-corrected chi connectivity index (χ3v) is 5.80. The van der Waals surface area contributed by atoms with Crippen LogP contribution in [0.15, 0.2) is 22.7 Å². The summed E-state index contributed by atoms with van der Waals surface area (Å²) in [6, 6.07) is 3.28. The van der Waals surface area contributed by atoms with Crippen molar-refractivity contribution in [2.75, 3.05) is 11.5 Å². The van der Waals surface area contributed by atoms with Gasteiger partial charge in [-0.2, -0.15) is 0 Å². The Morgan fingerprint density at radius 2 is 2.11 bits per heavy atom. The van der Waals surface area contributed by atoms with Gasteiger partial charge in [-0.3, -0.25) is 4.79 Å². The molecule has 2 unspecified atom stereocenters. The van der Waals surface area contributed by atoms with Crippen molar-refractivity contribution in [3.63, 3.8) is 0 Å². The molecule has 1 heterocycles. The number of hydrogen-bond acceptors (Lipinski definition) is 3. The number of hydrogen-bond donors (Lipinski definition) is 1. The number of nitrogens with one attached hydrogen (secondary N) is 1. The first-order chi connectivity index (χ1) is 8.78. The Labute approximate surface area is 123 Å². The molecule has 1 N–H and O–H groups in total. The molecular formula is C11H10BrClFNO3S. The Kier molecular flexibility index (Phi) is 4.17. The smallest absolute Gasteiger partial charge is 0.251 e. The van der Waals surface area contributed by atoms with Crippen LogP contribution in [-0.2, 0) is 9.84 Å². The summed E-state index contributed by atoms with van der Waals surface area (Å²) in [6.07, 6.45) is 0. The zero-order valence-corrected chi connectivity index (χ0v) is 12.7. The van der Waals surface area contributed by atoms with E-state index in [-0.39, 0.29) is 21.5 Å². The van der Waals surface area contributed by atoms with Gasteiger partial charge in [-0.1, -0.05) is 0 Å². The van der Waals surface area contributed by atoms with Crippen LogP contribution in [0, 0.1) is 5.82 Å². The van der Waals surface area contributed by atoms with Gasteiger partial charge < -0.3 is 5.32 Å². The van der Waals surface area contributed by atoms with Gasteiger partial charge in [0.05, 0.1) is 27.4 Å². The summed E-state index contributed by atoms with van der Waals surface area (Å²) in [6.45, 7) is 0. The molecule has 1 aromatic rings. The maximum atomic E-state index is 13.3. The minimum atomic E-state index is -3.22. The molecule has 104 valence electrons. The van der Waals surface area contributed by atoms with Crippen LogP contribution in [0.4, 0.5) is 4.39 Å². The fourth-order valence-electron chi connectivity index (χ4n) is 1.83. The standard InChI is InChI=1S/C11H10BrClFNO3S/c12-7-2-1-6(3-9(7)14)11(16)15-10-5-19(17,18)4-8(10)13/h1-3,8,10H,4-5H2,(H,15,16). The summed E-state index contributed by atoms with van der Waals surface area (Å²) in [5, 5.41) is 1.86. The average molecular weight is 371 g/mol. The lowest BCUT2D eigenvalue weighted by Crippen LogP contribution is -2.40. The highest BCUT2D eigenvalue weighted by atomic mass is 79.9. The number of carbonyl (C=O) groups excluding carboxylic acids is 1. The summed E-state index contributed by atoms with van der Waals surface area (Å²) in [5.74, 6) is -1.45. The van der Waals surface area contributed by atoms with Crippen molar-refractivity contribution in [3.05, 3.63) is 34.1 Å². The van der Waals surface area contributed by atoms with E-state index in [1.165, 1.54) is 12.1 Å². The fraction of sp³-hybridized carbons (Fsp3) is 0.364. The molecule has 0 spiro atoms. The fourth-order valence-corrected chi connectivity index (χ4v) is 4.62. The van der Waals surface area contributed by atoms with Gasteiger partial charge in [0.25, 0.3) is 5.91 Å². The van der Waals surface area contributed by atoms with Gasteiger partial charge in [-0.15, -0.1) is 11.6 Å². The molecule has 0 saturated carbocycles. The zero-order chi connectivity index (χ0) is 14.2. The summed E-state index contributed by atoms with van der Waals surface area (Å²) >= 11 is 8.86. The summed E-state index contributed by atoms with van der Waals surface area (Å²) in [5.41, 5.74) is 0.119. The summed E-state index contributed by atoms with van der Waals surface area (Å²) in [4.78, 5) is 11.9. The molecule has 1 amide bonds. The molecule has 1 saturated heterocycles. The van der Waals surface area contributed by atoms with Crippen molar-refractivity contribution in [2.24, 2.45) is 0 Å². The van der Waals surface area contributed by atoms with Gasteiger partial charge in [-0.25, -0.2) is 12.8 Å². The molecule has 0 aromatic heterocycles. The maximum Gasteiger partial charge on any atom is 0.251 e. The number of carbonyl (C=O) groups is 1. The van der Waals surface area contributed by atoms with Crippen molar-refractivity contribution in [2.45, 2.75) is 11.4 Å². The number of benzene rings is 1. The second-order valence-corrected chi connectivity index (χ2v) is 7.87. The third-order valence-electron chi connectivity index (χ3n) is 2.78. The van der Waals surface area contributed by atoms with Crippen molar-refractivity contribution in [3.8, 4) is 0 Å². The zero-order valence-electron chi connectivity index (χ0n) is 9.57. The van der Waals surface area contributed by atoms with Crippen LogP contribution in [0.3, 0.4) is 0 Å². The van der Waals surface area contributed by atoms with E-state index in [2.05, 4.69) is 21.2 Å². The van der Waals surface area contributed by atoms with E-state index in [1.54, 1.807) is 0 Å². The molecule has 1 aromatic carbocycles.